The summed E-state index contributed by atoms with van der Waals surface area (Å²) >= 11 is 7.97. The van der Waals surface area contributed by atoms with Gasteiger partial charge in [0.15, 0.2) is 0 Å². The Bertz CT molecular complexity index is 721. The van der Waals surface area contributed by atoms with Gasteiger partial charge in [0.1, 0.15) is 0 Å². The maximum absolute atomic E-state index is 9.09. The van der Waals surface area contributed by atoms with E-state index in [4.69, 9.17) is 16.3 Å². The Morgan fingerprint density at radius 2 is 0.926 bits per heavy atom. The van der Waals surface area contributed by atoms with E-state index in [1.165, 1.54) is 15.9 Å². The second kappa shape index (κ2) is 9.02. The third kappa shape index (κ3) is 3.97. The third-order valence-corrected chi connectivity index (χ3v) is 12.9. The van der Waals surface area contributed by atoms with Gasteiger partial charge in [0.2, 0.25) is 0 Å². The van der Waals surface area contributed by atoms with Crippen LogP contribution in [0.2, 0.25) is 0 Å². The molecule has 0 heterocycles. The third-order valence-electron chi connectivity index (χ3n) is 5.37. The molecule has 0 fully saturated rings. The molecule has 0 aliphatic heterocycles. The Kier molecular flexibility index (Phi) is 6.71. The Morgan fingerprint density at radius 1 is 0.556 bits per heavy atom. The number of halogens is 1. The minimum atomic E-state index is -3.09. The van der Waals surface area contributed by atoms with Crippen LogP contribution in [0.5, 0.6) is 0 Å². The van der Waals surface area contributed by atoms with Crippen molar-refractivity contribution in [3.63, 3.8) is 0 Å². The Hall–Kier alpha value is -1.66. The van der Waals surface area contributed by atoms with Gasteiger partial charge in [0.05, 0.1) is 0 Å². The number of rotatable bonds is 9. The molecule has 27 heavy (non-hydrogen) atoms. The summed E-state index contributed by atoms with van der Waals surface area (Å²) in [4.78, 5) is 0. The number of aliphatic hydroxyl groups is 1. The number of benzene rings is 3. The predicted octanol–water partition coefficient (Wildman–Crippen LogP) is 5.22. The van der Waals surface area contributed by atoms with Gasteiger partial charge in [0, 0.05) is 0 Å². The number of unbranched alkanes of at least 4 members (excludes halogenated alkanes) is 3. The molecular formula is C24H28ClOP. The zero-order valence-corrected chi connectivity index (χ0v) is 17.3. The molecule has 142 valence electrons. The first-order chi connectivity index (χ1) is 13.2. The molecule has 0 spiro atoms. The van der Waals surface area contributed by atoms with E-state index in [0.29, 0.717) is 0 Å². The van der Waals surface area contributed by atoms with Crippen LogP contribution < -0.4 is 15.9 Å². The first-order valence-electron chi connectivity index (χ1n) is 9.70. The fourth-order valence-electron chi connectivity index (χ4n) is 3.93. The Labute approximate surface area is 167 Å². The van der Waals surface area contributed by atoms with E-state index in [2.05, 4.69) is 91.0 Å². The molecule has 1 N–H and O–H groups in total. The molecule has 0 saturated heterocycles. The summed E-state index contributed by atoms with van der Waals surface area (Å²) < 4.78 is 0. The summed E-state index contributed by atoms with van der Waals surface area (Å²) in [7, 11) is 0. The summed E-state index contributed by atoms with van der Waals surface area (Å²) in [6.07, 6.45) is 4.95. The second-order valence-electron chi connectivity index (χ2n) is 7.05. The van der Waals surface area contributed by atoms with Gasteiger partial charge in [-0.2, -0.15) is 0 Å². The molecule has 3 heteroatoms. The standard InChI is InChI=1S/C24H28ClOP/c25-27(21-13-2-1-12-20-26,22-14-6-3-7-15-22,23-16-8-4-9-17-23)24-18-10-5-11-19-24/h3-11,14-19,26H,1-2,12-13,20-21H2. The molecule has 0 atom stereocenters. The van der Waals surface area contributed by atoms with Gasteiger partial charge in [-0.3, -0.25) is 0 Å². The van der Waals surface area contributed by atoms with Crippen molar-refractivity contribution in [3.8, 4) is 0 Å². The molecular weight excluding hydrogens is 371 g/mol. The van der Waals surface area contributed by atoms with Crippen LogP contribution in [0.1, 0.15) is 25.7 Å². The monoisotopic (exact) mass is 398 g/mol. The molecule has 0 unspecified atom stereocenters. The number of hydrogen-bond donors (Lipinski definition) is 1. The molecule has 0 amide bonds. The van der Waals surface area contributed by atoms with Crippen molar-refractivity contribution in [1.82, 2.24) is 0 Å². The van der Waals surface area contributed by atoms with Crippen molar-refractivity contribution < 1.29 is 5.11 Å². The molecule has 3 aromatic carbocycles. The first-order valence-corrected chi connectivity index (χ1v) is 13.0. The summed E-state index contributed by atoms with van der Waals surface area (Å²) in [5.41, 5.74) is 0. The van der Waals surface area contributed by atoms with E-state index < -0.39 is 5.96 Å². The average molecular weight is 399 g/mol. The minimum absolute atomic E-state index is 0.264. The van der Waals surface area contributed by atoms with Crippen LogP contribution in [0.3, 0.4) is 0 Å². The second-order valence-corrected chi connectivity index (χ2v) is 13.7. The van der Waals surface area contributed by atoms with E-state index in [1.807, 2.05) is 0 Å². The first kappa shape index (κ1) is 20.1. The van der Waals surface area contributed by atoms with E-state index in [0.717, 1.165) is 31.8 Å². The van der Waals surface area contributed by atoms with Gasteiger partial charge in [-0.05, 0) is 0 Å². The SMILES string of the molecule is OCCCCCCP(Cl)(c1ccccc1)(c1ccccc1)c1ccccc1. The van der Waals surface area contributed by atoms with Gasteiger partial charge < -0.3 is 0 Å². The van der Waals surface area contributed by atoms with Crippen LogP contribution in [0.25, 0.3) is 0 Å². The van der Waals surface area contributed by atoms with Crippen LogP contribution in [-0.4, -0.2) is 17.9 Å². The molecule has 0 aliphatic carbocycles. The van der Waals surface area contributed by atoms with Gasteiger partial charge in [-0.15, -0.1) is 0 Å². The maximum atomic E-state index is 9.09. The molecule has 3 rings (SSSR count). The zero-order valence-electron chi connectivity index (χ0n) is 15.7. The van der Waals surface area contributed by atoms with E-state index in [1.54, 1.807) is 0 Å². The Morgan fingerprint density at radius 3 is 1.30 bits per heavy atom. The summed E-state index contributed by atoms with van der Waals surface area (Å²) in [6.45, 7) is 0.264. The van der Waals surface area contributed by atoms with Gasteiger partial charge in [-0.1, -0.05) is 0 Å². The summed E-state index contributed by atoms with van der Waals surface area (Å²) in [6, 6.07) is 31.9. The molecule has 0 aromatic heterocycles. The number of hydrogen-bond acceptors (Lipinski definition) is 1. The van der Waals surface area contributed by atoms with Gasteiger partial charge in [-0.25, -0.2) is 0 Å². The van der Waals surface area contributed by atoms with Crippen LogP contribution in [0, 0.1) is 0 Å². The average Bonchev–Trinajstić information content (AvgIpc) is 2.75. The molecule has 0 bridgehead atoms. The van der Waals surface area contributed by atoms with Crippen LogP contribution in [-0.2, 0) is 0 Å². The summed E-state index contributed by atoms with van der Waals surface area (Å²) in [5, 5.41) is 12.8. The van der Waals surface area contributed by atoms with E-state index in [9.17, 15) is 0 Å². The van der Waals surface area contributed by atoms with Crippen molar-refractivity contribution in [2.75, 3.05) is 12.8 Å². The van der Waals surface area contributed by atoms with Crippen molar-refractivity contribution >= 4 is 33.1 Å². The van der Waals surface area contributed by atoms with Crippen LogP contribution >= 0.6 is 17.2 Å². The quantitative estimate of drug-likeness (QED) is 0.387. The topological polar surface area (TPSA) is 20.2 Å². The predicted molar refractivity (Wildman–Crippen MR) is 121 cm³/mol. The van der Waals surface area contributed by atoms with Crippen molar-refractivity contribution in [3.05, 3.63) is 91.0 Å². The normalized spacial score (nSPS) is 13.0. The van der Waals surface area contributed by atoms with Crippen molar-refractivity contribution in [1.29, 1.82) is 0 Å². The van der Waals surface area contributed by atoms with Gasteiger partial charge in [0.25, 0.3) is 0 Å². The van der Waals surface area contributed by atoms with Crippen LogP contribution in [0.15, 0.2) is 91.0 Å². The fourth-order valence-corrected chi connectivity index (χ4v) is 10.2. The van der Waals surface area contributed by atoms with Crippen LogP contribution in [0.4, 0.5) is 0 Å². The van der Waals surface area contributed by atoms with Crippen molar-refractivity contribution in [2.24, 2.45) is 0 Å². The molecule has 3 aromatic rings. The van der Waals surface area contributed by atoms with E-state index in [-0.39, 0.29) is 6.61 Å². The number of aliphatic hydroxyl groups excluding tert-OH is 1. The molecule has 0 saturated carbocycles. The molecule has 0 radical (unpaired) electrons. The van der Waals surface area contributed by atoms with Crippen molar-refractivity contribution in [2.45, 2.75) is 25.7 Å². The Balaban J connectivity index is 2.16. The zero-order chi connectivity index (χ0) is 19.0. The molecule has 0 aliphatic rings. The van der Waals surface area contributed by atoms with E-state index >= 15 is 0 Å². The summed E-state index contributed by atoms with van der Waals surface area (Å²) in [5.74, 6) is -3.09. The fraction of sp³-hybridized carbons (Fsp3) is 0.250. The molecule has 1 nitrogen and oxygen atoms in total. The van der Waals surface area contributed by atoms with Gasteiger partial charge >= 0.3 is 168 Å².